The second kappa shape index (κ2) is 9.06. The van der Waals surface area contributed by atoms with E-state index >= 15 is 0 Å². The Morgan fingerprint density at radius 3 is 1.49 bits per heavy atom. The molecule has 0 nitrogen and oxygen atoms in total. The lowest BCUT2D eigenvalue weighted by Gasteiger charge is -2.22. The van der Waals surface area contributed by atoms with Crippen LogP contribution in [0.1, 0.15) is 47.2 Å². The lowest BCUT2D eigenvalue weighted by molar-refractivity contribution is 0.661. The van der Waals surface area contributed by atoms with Gasteiger partial charge in [0.25, 0.3) is 0 Å². The smallest absolute Gasteiger partial charge is 0.0407 e. The van der Waals surface area contributed by atoms with E-state index in [-0.39, 0.29) is 5.41 Å². The SMILES string of the molecule is CC1(C)c2ccccc2-c2cc3c(C#Cc4ccccc4)c4ccccc4c(C#Cc4ccccc4)c3cc21. The number of hydrogen-bond acceptors (Lipinski definition) is 0. The standard InChI is InChI=1S/C39H26/c1-39(2)37-20-12-11-19-33(37)36-25-34-31(23-21-27-13-5-3-6-14-27)29-17-9-10-18-30(29)32(35(34)26-38(36)39)24-22-28-15-7-4-8-16-28/h3-20,25-26H,1-2H3. The molecule has 39 heavy (non-hydrogen) atoms. The van der Waals surface area contributed by atoms with E-state index in [1.807, 2.05) is 36.4 Å². The number of fused-ring (bicyclic) bond motifs is 5. The number of rotatable bonds is 0. The van der Waals surface area contributed by atoms with E-state index < -0.39 is 0 Å². The van der Waals surface area contributed by atoms with Crippen LogP contribution in [0.5, 0.6) is 0 Å². The van der Waals surface area contributed by atoms with Crippen LogP contribution < -0.4 is 0 Å². The Hall–Kier alpha value is -5.04. The molecule has 0 heteroatoms. The van der Waals surface area contributed by atoms with E-state index in [1.165, 1.54) is 22.3 Å². The summed E-state index contributed by atoms with van der Waals surface area (Å²) in [7, 11) is 0. The van der Waals surface area contributed by atoms with Gasteiger partial charge in [0, 0.05) is 27.7 Å². The first-order chi connectivity index (χ1) is 19.1. The molecule has 0 aliphatic heterocycles. The molecule has 0 unspecified atom stereocenters. The topological polar surface area (TPSA) is 0 Å². The van der Waals surface area contributed by atoms with Crippen LogP contribution in [0.25, 0.3) is 32.7 Å². The minimum absolute atomic E-state index is 0.0915. The average molecular weight is 495 g/mol. The van der Waals surface area contributed by atoms with Crippen molar-refractivity contribution < 1.29 is 0 Å². The molecule has 6 aromatic rings. The van der Waals surface area contributed by atoms with Gasteiger partial charge in [0.1, 0.15) is 0 Å². The van der Waals surface area contributed by atoms with Gasteiger partial charge >= 0.3 is 0 Å². The van der Waals surface area contributed by atoms with Gasteiger partial charge in [-0.2, -0.15) is 0 Å². The maximum Gasteiger partial charge on any atom is 0.0407 e. The molecular formula is C39H26. The molecule has 0 radical (unpaired) electrons. The third kappa shape index (κ3) is 3.82. The molecule has 0 heterocycles. The summed E-state index contributed by atoms with van der Waals surface area (Å²) in [6.45, 7) is 4.66. The normalized spacial score (nSPS) is 12.7. The van der Waals surface area contributed by atoms with Gasteiger partial charge in [-0.1, -0.05) is 122 Å². The van der Waals surface area contributed by atoms with Gasteiger partial charge in [0.15, 0.2) is 0 Å². The van der Waals surface area contributed by atoms with Crippen molar-refractivity contribution in [2.75, 3.05) is 0 Å². The Morgan fingerprint density at radius 2 is 0.897 bits per heavy atom. The van der Waals surface area contributed by atoms with Crippen LogP contribution in [-0.2, 0) is 5.41 Å². The highest BCUT2D eigenvalue weighted by molar-refractivity contribution is 6.11. The van der Waals surface area contributed by atoms with E-state index in [2.05, 4.69) is 122 Å². The first-order valence-electron chi connectivity index (χ1n) is 13.4. The maximum absolute atomic E-state index is 3.59. The summed E-state index contributed by atoms with van der Waals surface area (Å²) in [6, 6.07) is 42.6. The summed E-state index contributed by atoms with van der Waals surface area (Å²) in [6.07, 6.45) is 0. The summed E-state index contributed by atoms with van der Waals surface area (Å²) in [5.41, 5.74) is 9.36. The zero-order valence-electron chi connectivity index (χ0n) is 22.0. The Morgan fingerprint density at radius 1 is 0.410 bits per heavy atom. The molecule has 0 saturated heterocycles. The van der Waals surface area contributed by atoms with Gasteiger partial charge in [0.05, 0.1) is 0 Å². The molecule has 182 valence electrons. The first kappa shape index (κ1) is 23.1. The zero-order chi connectivity index (χ0) is 26.4. The van der Waals surface area contributed by atoms with Crippen LogP contribution in [0, 0.1) is 23.7 Å². The second-order valence-corrected chi connectivity index (χ2v) is 10.6. The van der Waals surface area contributed by atoms with Gasteiger partial charge in [0.2, 0.25) is 0 Å². The summed E-state index contributed by atoms with van der Waals surface area (Å²) in [5, 5.41) is 4.59. The summed E-state index contributed by atoms with van der Waals surface area (Å²) in [5.74, 6) is 14.1. The van der Waals surface area contributed by atoms with Crippen LogP contribution in [-0.4, -0.2) is 0 Å². The predicted octanol–water partition coefficient (Wildman–Crippen LogP) is 9.10. The van der Waals surface area contributed by atoms with Crippen LogP contribution >= 0.6 is 0 Å². The van der Waals surface area contributed by atoms with Crippen molar-refractivity contribution in [3.8, 4) is 34.8 Å². The van der Waals surface area contributed by atoms with E-state index in [4.69, 9.17) is 0 Å². The van der Waals surface area contributed by atoms with Crippen molar-refractivity contribution in [3.05, 3.63) is 155 Å². The molecule has 1 aliphatic rings. The highest BCUT2D eigenvalue weighted by atomic mass is 14.4. The Balaban J connectivity index is 1.60. The van der Waals surface area contributed by atoms with Crippen molar-refractivity contribution in [3.63, 3.8) is 0 Å². The molecule has 0 atom stereocenters. The van der Waals surface area contributed by atoms with Crippen LogP contribution in [0.2, 0.25) is 0 Å². The summed E-state index contributed by atoms with van der Waals surface area (Å²) in [4.78, 5) is 0. The van der Waals surface area contributed by atoms with Gasteiger partial charge in [-0.15, -0.1) is 0 Å². The third-order valence-corrected chi connectivity index (χ3v) is 7.94. The molecule has 0 saturated carbocycles. The van der Waals surface area contributed by atoms with Gasteiger partial charge in [-0.25, -0.2) is 0 Å². The van der Waals surface area contributed by atoms with Crippen LogP contribution in [0.4, 0.5) is 0 Å². The van der Waals surface area contributed by atoms with Gasteiger partial charge in [-0.05, 0) is 80.2 Å². The molecule has 0 aromatic heterocycles. The van der Waals surface area contributed by atoms with Crippen molar-refractivity contribution >= 4 is 21.5 Å². The molecule has 0 bridgehead atoms. The fourth-order valence-corrected chi connectivity index (χ4v) is 5.95. The Labute approximate surface area is 230 Å². The van der Waals surface area contributed by atoms with E-state index in [0.29, 0.717) is 0 Å². The average Bonchev–Trinajstić information content (AvgIpc) is 3.21. The Bertz CT molecular complexity index is 2020. The molecule has 6 aromatic carbocycles. The number of hydrogen-bond donors (Lipinski definition) is 0. The summed E-state index contributed by atoms with van der Waals surface area (Å²) >= 11 is 0. The fourth-order valence-electron chi connectivity index (χ4n) is 5.95. The van der Waals surface area contributed by atoms with E-state index in [1.54, 1.807) is 0 Å². The lowest BCUT2D eigenvalue weighted by atomic mass is 9.81. The van der Waals surface area contributed by atoms with E-state index in [0.717, 1.165) is 43.8 Å². The summed E-state index contributed by atoms with van der Waals surface area (Å²) < 4.78 is 0. The molecule has 0 N–H and O–H groups in total. The third-order valence-electron chi connectivity index (χ3n) is 7.94. The Kier molecular flexibility index (Phi) is 5.37. The highest BCUT2D eigenvalue weighted by Crippen LogP contribution is 2.50. The largest absolute Gasteiger partial charge is 0.0622 e. The van der Waals surface area contributed by atoms with Crippen LogP contribution in [0.3, 0.4) is 0 Å². The predicted molar refractivity (Wildman–Crippen MR) is 164 cm³/mol. The van der Waals surface area contributed by atoms with Gasteiger partial charge < -0.3 is 0 Å². The van der Waals surface area contributed by atoms with Crippen molar-refractivity contribution in [1.29, 1.82) is 0 Å². The van der Waals surface area contributed by atoms with Crippen LogP contribution in [0.15, 0.2) is 121 Å². The maximum atomic E-state index is 3.59. The number of benzene rings is 6. The quantitative estimate of drug-likeness (QED) is 0.146. The second-order valence-electron chi connectivity index (χ2n) is 10.6. The monoisotopic (exact) mass is 494 g/mol. The minimum Gasteiger partial charge on any atom is -0.0622 e. The molecule has 0 spiro atoms. The fraction of sp³-hybridized carbons (Fsp3) is 0.0769. The molecule has 0 fully saturated rings. The molecule has 7 rings (SSSR count). The zero-order valence-corrected chi connectivity index (χ0v) is 22.0. The lowest BCUT2D eigenvalue weighted by Crippen LogP contribution is -2.14. The van der Waals surface area contributed by atoms with Crippen molar-refractivity contribution in [1.82, 2.24) is 0 Å². The molecule has 0 amide bonds. The first-order valence-corrected chi connectivity index (χ1v) is 13.4. The highest BCUT2D eigenvalue weighted by Gasteiger charge is 2.35. The van der Waals surface area contributed by atoms with Crippen molar-refractivity contribution in [2.45, 2.75) is 19.3 Å². The van der Waals surface area contributed by atoms with Gasteiger partial charge in [-0.3, -0.25) is 0 Å². The minimum atomic E-state index is -0.0915. The van der Waals surface area contributed by atoms with Crippen molar-refractivity contribution in [2.24, 2.45) is 0 Å². The molecular weight excluding hydrogens is 468 g/mol. The van der Waals surface area contributed by atoms with E-state index in [9.17, 15) is 0 Å². The molecule has 1 aliphatic carbocycles.